The molecule has 10 heteroatoms. The molecule has 2 N–H and O–H groups in total. The molecule has 2 aromatic carbocycles. The molecule has 0 radical (unpaired) electrons. The summed E-state index contributed by atoms with van der Waals surface area (Å²) < 4.78 is 6.40. The third kappa shape index (κ3) is 6.73. The summed E-state index contributed by atoms with van der Waals surface area (Å²) in [5, 5.41) is 5.61. The molecule has 1 atom stereocenters. The fourth-order valence-electron chi connectivity index (χ4n) is 3.46. The molecule has 1 heterocycles. The first-order chi connectivity index (χ1) is 16.7. The van der Waals surface area contributed by atoms with Gasteiger partial charge in [-0.2, -0.15) is 16.9 Å². The van der Waals surface area contributed by atoms with Gasteiger partial charge in [-0.05, 0) is 55.2 Å². The topological polar surface area (TPSA) is 104 Å². The summed E-state index contributed by atoms with van der Waals surface area (Å²) in [6.07, 6.45) is 2.41. The van der Waals surface area contributed by atoms with Crippen LogP contribution >= 0.6 is 35.0 Å². The summed E-state index contributed by atoms with van der Waals surface area (Å²) in [4.78, 5) is 38.2. The van der Waals surface area contributed by atoms with Gasteiger partial charge < -0.3 is 10.5 Å². The van der Waals surface area contributed by atoms with Crippen LogP contribution in [-0.2, 0) is 16.1 Å². The van der Waals surface area contributed by atoms with E-state index < -0.39 is 23.4 Å². The molecule has 0 saturated carbocycles. The molecule has 35 heavy (non-hydrogen) atoms. The van der Waals surface area contributed by atoms with Crippen LogP contribution in [0.1, 0.15) is 23.7 Å². The Kier molecular flexibility index (Phi) is 9.51. The number of ether oxygens (including phenoxy) is 1. The van der Waals surface area contributed by atoms with Crippen LogP contribution in [0.3, 0.4) is 0 Å². The summed E-state index contributed by atoms with van der Waals surface area (Å²) in [6.45, 7) is 1.18. The highest BCUT2D eigenvalue weighted by atomic mass is 35.5. The number of esters is 1. The fraction of sp³-hybridized carbons (Fsp3) is 0.280. The number of hydrogen-bond donors (Lipinski definition) is 1. The molecule has 0 unspecified atom stereocenters. The Morgan fingerprint density at radius 1 is 1.06 bits per heavy atom. The monoisotopic (exact) mass is 533 g/mol. The van der Waals surface area contributed by atoms with Crippen molar-refractivity contribution >= 4 is 46.7 Å². The van der Waals surface area contributed by atoms with Crippen molar-refractivity contribution in [3.8, 4) is 22.4 Å². The lowest BCUT2D eigenvalue weighted by Crippen LogP contribution is -2.35. The van der Waals surface area contributed by atoms with E-state index in [1.54, 1.807) is 60.3 Å². The van der Waals surface area contributed by atoms with Gasteiger partial charge in [-0.15, -0.1) is 0 Å². The average Bonchev–Trinajstić information content (AvgIpc) is 2.84. The van der Waals surface area contributed by atoms with E-state index in [-0.39, 0.29) is 18.7 Å². The van der Waals surface area contributed by atoms with E-state index in [0.29, 0.717) is 38.9 Å². The van der Waals surface area contributed by atoms with E-state index in [4.69, 9.17) is 33.7 Å². The highest BCUT2D eigenvalue weighted by Crippen LogP contribution is 2.33. The Balaban J connectivity index is 2.05. The summed E-state index contributed by atoms with van der Waals surface area (Å²) in [6, 6.07) is 13.0. The van der Waals surface area contributed by atoms with Crippen molar-refractivity contribution in [3.63, 3.8) is 0 Å². The summed E-state index contributed by atoms with van der Waals surface area (Å²) >= 11 is 13.7. The third-order valence-electron chi connectivity index (χ3n) is 5.24. The minimum atomic E-state index is -0.739. The molecular formula is C25H25Cl2N3O4S. The summed E-state index contributed by atoms with van der Waals surface area (Å²) in [5.74, 6) is -0.229. The third-order valence-corrected chi connectivity index (χ3v) is 6.39. The minimum absolute atomic E-state index is 0.0183. The van der Waals surface area contributed by atoms with E-state index in [2.05, 4.69) is 5.10 Å². The summed E-state index contributed by atoms with van der Waals surface area (Å²) in [5.41, 5.74) is 7.34. The number of halogens is 2. The quantitative estimate of drug-likeness (QED) is 0.297. The van der Waals surface area contributed by atoms with Crippen LogP contribution in [0.5, 0.6) is 0 Å². The normalized spacial score (nSPS) is 11.8. The zero-order chi connectivity index (χ0) is 25.5. The lowest BCUT2D eigenvalue weighted by molar-refractivity contribution is -0.145. The van der Waals surface area contributed by atoms with Crippen molar-refractivity contribution < 1.29 is 14.3 Å². The number of carbonyl (C=O) groups is 2. The van der Waals surface area contributed by atoms with Gasteiger partial charge in [0.15, 0.2) is 5.78 Å². The maximum absolute atomic E-state index is 13.3. The smallest absolute Gasteiger partial charge is 0.323 e. The second kappa shape index (κ2) is 12.4. The van der Waals surface area contributed by atoms with Gasteiger partial charge >= 0.3 is 5.97 Å². The molecule has 184 valence electrons. The van der Waals surface area contributed by atoms with E-state index in [9.17, 15) is 14.4 Å². The van der Waals surface area contributed by atoms with Gasteiger partial charge in [-0.1, -0.05) is 47.5 Å². The molecule has 0 bridgehead atoms. The fourth-order valence-corrected chi connectivity index (χ4v) is 4.20. The highest BCUT2D eigenvalue weighted by Gasteiger charge is 2.23. The molecule has 0 saturated heterocycles. The van der Waals surface area contributed by atoms with E-state index >= 15 is 0 Å². The Labute approximate surface area is 217 Å². The van der Waals surface area contributed by atoms with Crippen LogP contribution in [0.15, 0.2) is 53.3 Å². The second-order valence-corrected chi connectivity index (χ2v) is 9.61. The summed E-state index contributed by atoms with van der Waals surface area (Å²) in [7, 11) is 0. The van der Waals surface area contributed by atoms with Gasteiger partial charge in [0.1, 0.15) is 12.6 Å². The van der Waals surface area contributed by atoms with Gasteiger partial charge in [-0.3, -0.25) is 14.4 Å². The Morgan fingerprint density at radius 3 is 2.17 bits per heavy atom. The number of hydrogen-bond acceptors (Lipinski definition) is 7. The largest absolute Gasteiger partial charge is 0.463 e. The van der Waals surface area contributed by atoms with Crippen molar-refractivity contribution in [2.24, 2.45) is 5.73 Å². The van der Waals surface area contributed by atoms with Crippen LogP contribution in [0.2, 0.25) is 10.0 Å². The maximum Gasteiger partial charge on any atom is 0.323 e. The van der Waals surface area contributed by atoms with E-state index in [0.717, 1.165) is 10.4 Å². The molecule has 3 aromatic rings. The van der Waals surface area contributed by atoms with E-state index in [1.807, 2.05) is 6.26 Å². The van der Waals surface area contributed by atoms with Crippen molar-refractivity contribution in [1.29, 1.82) is 0 Å². The molecule has 0 fully saturated rings. The number of ketones is 1. The van der Waals surface area contributed by atoms with Gasteiger partial charge in [0, 0.05) is 21.2 Å². The lowest BCUT2D eigenvalue weighted by atomic mass is 9.94. The van der Waals surface area contributed by atoms with E-state index in [1.165, 1.54) is 6.92 Å². The number of Topliss-reactive ketones (excluding diaryl/α,β-unsaturated/α-hetero) is 1. The van der Waals surface area contributed by atoms with Crippen LogP contribution in [0.25, 0.3) is 22.4 Å². The van der Waals surface area contributed by atoms with Crippen molar-refractivity contribution in [1.82, 2.24) is 9.78 Å². The molecule has 1 aromatic heterocycles. The van der Waals surface area contributed by atoms with Crippen LogP contribution in [0, 0.1) is 0 Å². The van der Waals surface area contributed by atoms with Crippen molar-refractivity contribution in [3.05, 3.63) is 74.5 Å². The number of nitrogens with zero attached hydrogens (tertiary/aromatic N) is 2. The molecule has 3 rings (SSSR count). The SMILES string of the molecule is CSCC[C@H](N)C(=O)OCCn1nc(-c2ccc(Cl)cc2)c(-c2ccc(Cl)cc2)c(C(C)=O)c1=O. The van der Waals surface area contributed by atoms with Crippen LogP contribution in [0.4, 0.5) is 0 Å². The zero-order valence-corrected chi connectivity index (χ0v) is 21.6. The number of benzene rings is 2. The lowest BCUT2D eigenvalue weighted by Gasteiger charge is -2.17. The predicted molar refractivity (Wildman–Crippen MR) is 141 cm³/mol. The minimum Gasteiger partial charge on any atom is -0.463 e. The zero-order valence-electron chi connectivity index (χ0n) is 19.3. The number of rotatable bonds is 10. The first-order valence-electron chi connectivity index (χ1n) is 10.8. The number of thioether (sulfide) groups is 1. The van der Waals surface area contributed by atoms with Gasteiger partial charge in [-0.25, -0.2) is 4.68 Å². The van der Waals surface area contributed by atoms with Gasteiger partial charge in [0.2, 0.25) is 0 Å². The molecular weight excluding hydrogens is 509 g/mol. The standard InChI is InChI=1S/C25H25Cl2N3O4S/c1-15(31)21-22(16-3-7-18(26)8-4-16)23(17-5-9-19(27)10-6-17)29-30(24(21)32)12-13-34-25(33)20(28)11-14-35-2/h3-10,20H,11-14,28H2,1-2H3/t20-/m0/s1. The van der Waals surface area contributed by atoms with Gasteiger partial charge in [0.05, 0.1) is 17.8 Å². The Hall–Kier alpha value is -2.65. The number of nitrogens with two attached hydrogens (primary N) is 1. The molecule has 0 aliphatic heterocycles. The van der Waals surface area contributed by atoms with Crippen molar-refractivity contribution in [2.75, 3.05) is 18.6 Å². The highest BCUT2D eigenvalue weighted by molar-refractivity contribution is 7.98. The number of aromatic nitrogens is 2. The molecule has 0 spiro atoms. The van der Waals surface area contributed by atoms with Gasteiger partial charge in [0.25, 0.3) is 5.56 Å². The maximum atomic E-state index is 13.3. The van der Waals surface area contributed by atoms with Crippen LogP contribution in [-0.4, -0.2) is 46.2 Å². The molecule has 0 amide bonds. The first kappa shape index (κ1) is 26.9. The van der Waals surface area contributed by atoms with Crippen molar-refractivity contribution in [2.45, 2.75) is 25.9 Å². The molecule has 7 nitrogen and oxygen atoms in total. The second-order valence-electron chi connectivity index (χ2n) is 7.75. The first-order valence-corrected chi connectivity index (χ1v) is 13.0. The van der Waals surface area contributed by atoms with Crippen LogP contribution < -0.4 is 11.3 Å². The molecule has 0 aliphatic rings. The average molecular weight is 534 g/mol. The number of carbonyl (C=O) groups excluding carboxylic acids is 2. The predicted octanol–water partition coefficient (Wildman–Crippen LogP) is 4.71. The Bertz CT molecular complexity index is 1260. The Morgan fingerprint density at radius 2 is 1.63 bits per heavy atom. The molecule has 0 aliphatic carbocycles.